The van der Waals surface area contributed by atoms with E-state index in [9.17, 15) is 15.0 Å². The first-order valence-corrected chi connectivity index (χ1v) is 18.2. The van der Waals surface area contributed by atoms with Crippen LogP contribution in [0.1, 0.15) is 98.3 Å². The summed E-state index contributed by atoms with van der Waals surface area (Å²) in [6.45, 7) is 17.1. The van der Waals surface area contributed by atoms with Gasteiger partial charge in [-0.25, -0.2) is 0 Å². The van der Waals surface area contributed by atoms with E-state index < -0.39 is 11.2 Å². The number of ketones is 1. The van der Waals surface area contributed by atoms with Crippen molar-refractivity contribution in [2.45, 2.75) is 110 Å². The number of rotatable bonds is 3. The number of fused-ring (bicyclic) bond motifs is 10. The normalized spacial score (nSPS) is 47.4. The Hall–Kier alpha value is -2.69. The molecule has 8 aliphatic rings. The van der Waals surface area contributed by atoms with E-state index in [4.69, 9.17) is 4.74 Å². The van der Waals surface area contributed by atoms with Gasteiger partial charge in [0.1, 0.15) is 0 Å². The number of hydrogen-bond acceptors (Lipinski definition) is 4. The molecular formula is C43H56O4. The van der Waals surface area contributed by atoms with Gasteiger partial charge in [-0.2, -0.15) is 0 Å². The van der Waals surface area contributed by atoms with Crippen LogP contribution in [0.5, 0.6) is 0 Å². The molecule has 0 radical (unpaired) electrons. The van der Waals surface area contributed by atoms with Crippen molar-refractivity contribution in [2.24, 2.45) is 45.3 Å². The standard InChI is InChI=1S/C22H30O2.C21H26O2/c1-5-22(23)13-10-19-17-7-6-15-14-16(24-4)8-11-20(15,2)18(17)9-12-21(19,22)3;1-4-21(23)12-9-18-16-6-5-14-13-15(22)7-10-19(14,2)17(16)8-11-20(18,21)3/h5-6,9,14,17,19,23H,1,7-8,10-13H2,2-4H3;4-6,8,13,16,18,23H,1,7,9-12H2,2-3H3/t17?,19?,20-,21-,22-;16?,18?,19-,20-,21-/m00/s1. The molecule has 0 spiro atoms. The SMILES string of the molecule is C=C[C@]1(O)CCC2C3C=CC4=CC(=O)CC[C@]4(C)C3=CC[C@@]21C.C=C[C@]1(O)CCC2C3CC=C4C=C(OC)CC[C@]4(C)C3=CC[C@@]21C. The fourth-order valence-corrected chi connectivity index (χ4v) is 11.9. The fraction of sp³-hybridized carbons (Fsp3) is 0.605. The van der Waals surface area contributed by atoms with E-state index in [-0.39, 0.29) is 27.4 Å². The van der Waals surface area contributed by atoms with Gasteiger partial charge in [0.2, 0.25) is 0 Å². The Morgan fingerprint density at radius 3 is 2.04 bits per heavy atom. The number of ether oxygens (including phenoxy) is 1. The highest BCUT2D eigenvalue weighted by Gasteiger charge is 2.61. The van der Waals surface area contributed by atoms with Crippen LogP contribution in [-0.2, 0) is 9.53 Å². The molecule has 4 unspecified atom stereocenters. The third-order valence-corrected chi connectivity index (χ3v) is 15.4. The summed E-state index contributed by atoms with van der Waals surface area (Å²) in [5.74, 6) is 3.34. The van der Waals surface area contributed by atoms with E-state index >= 15 is 0 Å². The van der Waals surface area contributed by atoms with Crippen molar-refractivity contribution in [3.63, 3.8) is 0 Å². The Morgan fingerprint density at radius 1 is 0.787 bits per heavy atom. The molecule has 8 rings (SSSR count). The fourth-order valence-electron chi connectivity index (χ4n) is 11.9. The van der Waals surface area contributed by atoms with Gasteiger partial charge in [0.15, 0.2) is 5.78 Å². The van der Waals surface area contributed by atoms with Crippen LogP contribution in [0.25, 0.3) is 0 Å². The van der Waals surface area contributed by atoms with E-state index in [1.54, 1.807) is 18.8 Å². The van der Waals surface area contributed by atoms with E-state index in [0.29, 0.717) is 30.1 Å². The molecule has 0 aromatic heterocycles. The zero-order valence-electron chi connectivity index (χ0n) is 29.4. The first-order valence-electron chi connectivity index (χ1n) is 18.2. The highest BCUT2D eigenvalue weighted by molar-refractivity contribution is 5.92. The van der Waals surface area contributed by atoms with Gasteiger partial charge >= 0.3 is 0 Å². The van der Waals surface area contributed by atoms with Crippen LogP contribution in [0.2, 0.25) is 0 Å². The molecule has 4 heteroatoms. The third kappa shape index (κ3) is 4.42. The topological polar surface area (TPSA) is 66.8 Å². The van der Waals surface area contributed by atoms with Crippen molar-refractivity contribution < 1.29 is 19.7 Å². The van der Waals surface area contributed by atoms with Gasteiger partial charge in [-0.15, -0.1) is 13.2 Å². The van der Waals surface area contributed by atoms with Crippen molar-refractivity contribution in [3.05, 3.63) is 95.9 Å². The molecule has 47 heavy (non-hydrogen) atoms. The minimum atomic E-state index is -0.757. The Kier molecular flexibility index (Phi) is 7.62. The summed E-state index contributed by atoms with van der Waals surface area (Å²) < 4.78 is 5.51. The predicted molar refractivity (Wildman–Crippen MR) is 189 cm³/mol. The molecule has 2 N–H and O–H groups in total. The van der Waals surface area contributed by atoms with Crippen molar-refractivity contribution in [3.8, 4) is 0 Å². The number of carbonyl (C=O) groups excluding carboxylic acids is 1. The van der Waals surface area contributed by atoms with Gasteiger partial charge < -0.3 is 14.9 Å². The molecule has 0 aliphatic heterocycles. The quantitative estimate of drug-likeness (QED) is 0.303. The average Bonchev–Trinajstić information content (AvgIpc) is 3.50. The van der Waals surface area contributed by atoms with Gasteiger partial charge in [0.25, 0.3) is 0 Å². The van der Waals surface area contributed by atoms with Crippen LogP contribution in [-0.4, -0.2) is 34.3 Å². The van der Waals surface area contributed by atoms with Crippen molar-refractivity contribution >= 4 is 5.78 Å². The molecular weight excluding hydrogens is 580 g/mol. The Labute approximate surface area is 282 Å². The summed E-state index contributed by atoms with van der Waals surface area (Å²) in [4.78, 5) is 11.8. The Bertz CT molecular complexity index is 1590. The number of allylic oxidation sites excluding steroid dienone is 12. The summed E-state index contributed by atoms with van der Waals surface area (Å²) in [5.41, 5.74) is 4.22. The molecule has 4 nitrogen and oxygen atoms in total. The Morgan fingerprint density at radius 2 is 1.38 bits per heavy atom. The lowest BCUT2D eigenvalue weighted by molar-refractivity contribution is -0.115. The number of aliphatic hydroxyl groups is 2. The van der Waals surface area contributed by atoms with Gasteiger partial charge in [0.05, 0.1) is 24.1 Å². The van der Waals surface area contributed by atoms with E-state index in [1.165, 1.54) is 16.7 Å². The largest absolute Gasteiger partial charge is 0.501 e. The molecule has 0 saturated heterocycles. The van der Waals surface area contributed by atoms with Crippen LogP contribution in [0, 0.1) is 45.3 Å². The Balaban J connectivity index is 0.000000150. The summed E-state index contributed by atoms with van der Waals surface area (Å²) >= 11 is 0. The second-order valence-electron chi connectivity index (χ2n) is 17.0. The van der Waals surface area contributed by atoms with Crippen molar-refractivity contribution in [1.29, 1.82) is 0 Å². The number of methoxy groups -OCH3 is 1. The van der Waals surface area contributed by atoms with Gasteiger partial charge in [0, 0.05) is 40.4 Å². The minimum Gasteiger partial charge on any atom is -0.501 e. The lowest BCUT2D eigenvalue weighted by Gasteiger charge is -2.53. The maximum absolute atomic E-state index is 11.8. The summed E-state index contributed by atoms with van der Waals surface area (Å²) in [7, 11) is 1.78. The predicted octanol–water partition coefficient (Wildman–Crippen LogP) is 9.06. The van der Waals surface area contributed by atoms with Crippen LogP contribution in [0.4, 0.5) is 0 Å². The van der Waals surface area contributed by atoms with E-state index in [0.717, 1.165) is 70.0 Å². The minimum absolute atomic E-state index is 0.00351. The van der Waals surface area contributed by atoms with Crippen molar-refractivity contribution in [2.75, 3.05) is 7.11 Å². The van der Waals surface area contributed by atoms with E-state index in [2.05, 4.69) is 77.3 Å². The lowest BCUT2D eigenvalue weighted by Crippen LogP contribution is -2.49. The van der Waals surface area contributed by atoms with Crippen LogP contribution >= 0.6 is 0 Å². The second-order valence-corrected chi connectivity index (χ2v) is 17.0. The van der Waals surface area contributed by atoms with Gasteiger partial charge in [-0.05, 0) is 98.8 Å². The highest BCUT2D eigenvalue weighted by Crippen LogP contribution is 2.66. The maximum Gasteiger partial charge on any atom is 0.156 e. The van der Waals surface area contributed by atoms with Crippen LogP contribution in [0.3, 0.4) is 0 Å². The monoisotopic (exact) mass is 636 g/mol. The zero-order valence-corrected chi connectivity index (χ0v) is 29.4. The van der Waals surface area contributed by atoms with E-state index in [1.807, 2.05) is 12.2 Å². The zero-order chi connectivity index (χ0) is 33.6. The lowest BCUT2D eigenvalue weighted by atomic mass is 9.52. The van der Waals surface area contributed by atoms with Gasteiger partial charge in [-0.1, -0.05) is 81.4 Å². The van der Waals surface area contributed by atoms with Crippen molar-refractivity contribution in [1.82, 2.24) is 0 Å². The molecule has 2 fully saturated rings. The molecule has 0 aromatic carbocycles. The molecule has 0 heterocycles. The van der Waals surface area contributed by atoms with Gasteiger partial charge in [-0.3, -0.25) is 4.79 Å². The van der Waals surface area contributed by atoms with Crippen LogP contribution < -0.4 is 0 Å². The maximum atomic E-state index is 11.8. The molecule has 10 atom stereocenters. The number of carbonyl (C=O) groups is 1. The average molecular weight is 637 g/mol. The number of hydrogen-bond donors (Lipinski definition) is 2. The molecule has 0 aromatic rings. The smallest absolute Gasteiger partial charge is 0.156 e. The first kappa shape index (κ1) is 32.8. The van der Waals surface area contributed by atoms with Crippen LogP contribution in [0.15, 0.2) is 95.9 Å². The summed E-state index contributed by atoms with van der Waals surface area (Å²) in [5, 5.41) is 22.2. The third-order valence-electron chi connectivity index (χ3n) is 15.4. The first-order chi connectivity index (χ1) is 22.2. The molecule has 2 saturated carbocycles. The molecule has 0 bridgehead atoms. The highest BCUT2D eigenvalue weighted by atomic mass is 16.5. The summed E-state index contributed by atoms with van der Waals surface area (Å²) in [6.07, 6.45) is 29.9. The summed E-state index contributed by atoms with van der Waals surface area (Å²) in [6, 6.07) is 0. The molecule has 8 aliphatic carbocycles. The second kappa shape index (κ2) is 10.9. The molecule has 0 amide bonds. The molecule has 252 valence electrons.